The van der Waals surface area contributed by atoms with Crippen molar-refractivity contribution in [3.63, 3.8) is 0 Å². The summed E-state index contributed by atoms with van der Waals surface area (Å²) in [6.07, 6.45) is 3.03. The van der Waals surface area contributed by atoms with Crippen molar-refractivity contribution < 1.29 is 22.9 Å². The third-order valence-corrected chi connectivity index (χ3v) is 15.9. The molecule has 1 saturated heterocycles. The number of carbonyl (C=O) groups is 2. The number of aryl methyl sites for hydroxylation is 2. The summed E-state index contributed by atoms with van der Waals surface area (Å²) in [5.74, 6) is -0.153. The molecule has 1 aliphatic rings. The highest BCUT2D eigenvalue weighted by Crippen LogP contribution is 2.44. The van der Waals surface area contributed by atoms with Gasteiger partial charge in [0.05, 0.1) is 4.91 Å². The molecule has 0 saturated carbocycles. The number of hydrogen-bond acceptors (Lipinski definition) is 8. The first-order chi connectivity index (χ1) is 19.6. The van der Waals surface area contributed by atoms with Crippen LogP contribution in [0.4, 0.5) is 4.79 Å². The SMILES string of the molecule is Cc1oc(-c2ccccc2)nc1C(CCc1ccc(C=C2SC(=O)NC2=O)s1)(O[SiH](C)C(C)(C)C)O[SiH](C)C(C)(C)C. The summed E-state index contributed by atoms with van der Waals surface area (Å²) in [6, 6.07) is 14.0. The van der Waals surface area contributed by atoms with Gasteiger partial charge < -0.3 is 13.3 Å². The molecule has 2 unspecified atom stereocenters. The summed E-state index contributed by atoms with van der Waals surface area (Å²) < 4.78 is 20.6. The summed E-state index contributed by atoms with van der Waals surface area (Å²) in [5, 5.41) is 1.98. The Balaban J connectivity index is 1.75. The lowest BCUT2D eigenvalue weighted by Gasteiger charge is -2.43. The van der Waals surface area contributed by atoms with Gasteiger partial charge in [0.1, 0.15) is 11.5 Å². The van der Waals surface area contributed by atoms with Crippen LogP contribution in [0.1, 0.15) is 69.2 Å². The number of rotatable bonds is 10. The molecule has 11 heteroatoms. The number of oxazole rings is 1. The molecule has 0 radical (unpaired) electrons. The maximum absolute atomic E-state index is 12.1. The number of hydrogen-bond donors (Lipinski definition) is 1. The van der Waals surface area contributed by atoms with Crippen LogP contribution in [0.3, 0.4) is 0 Å². The summed E-state index contributed by atoms with van der Waals surface area (Å²) in [4.78, 5) is 31.2. The number of carbonyl (C=O) groups excluding carboxylic acids is 2. The molecular formula is C31H42N2O5S2Si2. The number of nitrogens with zero attached hydrogens (tertiary/aromatic N) is 1. The monoisotopic (exact) mass is 642 g/mol. The predicted molar refractivity (Wildman–Crippen MR) is 178 cm³/mol. The minimum absolute atomic E-state index is 0.000275. The minimum Gasteiger partial charge on any atom is -0.441 e. The fourth-order valence-electron chi connectivity index (χ4n) is 4.20. The summed E-state index contributed by atoms with van der Waals surface area (Å²) in [5.41, 5.74) is 1.62. The summed E-state index contributed by atoms with van der Waals surface area (Å²) in [7, 11) is -3.62. The van der Waals surface area contributed by atoms with Gasteiger partial charge >= 0.3 is 0 Å². The van der Waals surface area contributed by atoms with E-state index in [1.165, 1.54) is 0 Å². The molecule has 0 spiro atoms. The fraction of sp³-hybridized carbons (Fsp3) is 0.452. The number of imide groups is 1. The van der Waals surface area contributed by atoms with Gasteiger partial charge in [-0.05, 0) is 78.6 Å². The van der Waals surface area contributed by atoms with E-state index in [1.54, 1.807) is 17.4 Å². The van der Waals surface area contributed by atoms with Crippen LogP contribution in [0.15, 0.2) is 51.8 Å². The van der Waals surface area contributed by atoms with E-state index < -0.39 is 23.9 Å². The molecule has 1 aromatic carbocycles. The maximum atomic E-state index is 12.1. The highest BCUT2D eigenvalue weighted by atomic mass is 32.2. The van der Waals surface area contributed by atoms with Gasteiger partial charge in [0.15, 0.2) is 23.9 Å². The van der Waals surface area contributed by atoms with E-state index in [9.17, 15) is 9.59 Å². The third kappa shape index (κ3) is 7.80. The van der Waals surface area contributed by atoms with Crippen LogP contribution in [-0.2, 0) is 25.9 Å². The average molecular weight is 643 g/mol. The molecule has 3 heterocycles. The van der Waals surface area contributed by atoms with E-state index in [0.717, 1.165) is 27.1 Å². The van der Waals surface area contributed by atoms with Crippen molar-refractivity contribution in [2.75, 3.05) is 0 Å². The molecule has 2 amide bonds. The average Bonchev–Trinajstić information content (AvgIpc) is 3.60. The summed E-state index contributed by atoms with van der Waals surface area (Å²) in [6.45, 7) is 19.8. The Morgan fingerprint density at radius 1 is 0.952 bits per heavy atom. The van der Waals surface area contributed by atoms with Crippen LogP contribution in [0.25, 0.3) is 17.5 Å². The predicted octanol–water partition coefficient (Wildman–Crippen LogP) is 8.16. The van der Waals surface area contributed by atoms with Crippen LogP contribution >= 0.6 is 23.1 Å². The second-order valence-electron chi connectivity index (χ2n) is 13.0. The largest absolute Gasteiger partial charge is 0.441 e. The van der Waals surface area contributed by atoms with Crippen molar-refractivity contribution in [1.29, 1.82) is 0 Å². The second-order valence-corrected chi connectivity index (χ2v) is 21.7. The smallest absolute Gasteiger partial charge is 0.290 e. The highest BCUT2D eigenvalue weighted by Gasteiger charge is 2.46. The molecule has 1 N–H and O–H groups in total. The Hall–Kier alpha value is -2.29. The first kappa shape index (κ1) is 32.6. The van der Waals surface area contributed by atoms with Gasteiger partial charge in [-0.1, -0.05) is 59.7 Å². The normalized spacial score (nSPS) is 18.3. The molecule has 3 aromatic rings. The van der Waals surface area contributed by atoms with E-state index in [2.05, 4.69) is 66.0 Å². The van der Waals surface area contributed by atoms with E-state index in [4.69, 9.17) is 18.3 Å². The molecule has 0 aliphatic carbocycles. The van der Waals surface area contributed by atoms with Crippen molar-refractivity contribution in [3.8, 4) is 11.5 Å². The first-order valence-electron chi connectivity index (χ1n) is 14.3. The van der Waals surface area contributed by atoms with Crippen LogP contribution in [0.5, 0.6) is 0 Å². The number of benzene rings is 1. The Morgan fingerprint density at radius 2 is 1.57 bits per heavy atom. The van der Waals surface area contributed by atoms with Gasteiger partial charge in [-0.25, -0.2) is 4.98 Å². The molecule has 0 bridgehead atoms. The second kappa shape index (κ2) is 12.8. The fourth-order valence-corrected chi connectivity index (χ4v) is 8.43. The number of thiophene rings is 1. The zero-order valence-electron chi connectivity index (χ0n) is 26.0. The first-order valence-corrected chi connectivity index (χ1v) is 20.3. The highest BCUT2D eigenvalue weighted by molar-refractivity contribution is 8.18. The van der Waals surface area contributed by atoms with Gasteiger partial charge in [-0.3, -0.25) is 14.9 Å². The Kier molecular flexibility index (Phi) is 9.90. The zero-order valence-corrected chi connectivity index (χ0v) is 29.9. The zero-order chi connectivity index (χ0) is 30.9. The van der Waals surface area contributed by atoms with Gasteiger partial charge in [-0.15, -0.1) is 11.3 Å². The summed E-state index contributed by atoms with van der Waals surface area (Å²) >= 11 is 2.53. The molecule has 1 aliphatic heterocycles. The van der Waals surface area contributed by atoms with Crippen LogP contribution < -0.4 is 5.32 Å². The number of thioether (sulfide) groups is 1. The number of aromatic nitrogens is 1. The Morgan fingerprint density at radius 3 is 2.12 bits per heavy atom. The van der Waals surface area contributed by atoms with Crippen molar-refractivity contribution in [2.45, 2.75) is 90.3 Å². The lowest BCUT2D eigenvalue weighted by molar-refractivity contribution is -0.142. The van der Waals surface area contributed by atoms with Crippen molar-refractivity contribution >= 4 is 58.4 Å². The quantitative estimate of drug-likeness (QED) is 0.136. The molecule has 2 atom stereocenters. The van der Waals surface area contributed by atoms with Gasteiger partial charge in [0, 0.05) is 21.7 Å². The van der Waals surface area contributed by atoms with Crippen molar-refractivity contribution in [2.24, 2.45) is 0 Å². The Bertz CT molecular complexity index is 1430. The molecule has 2 aromatic heterocycles. The topological polar surface area (TPSA) is 90.7 Å². The van der Waals surface area contributed by atoms with Crippen LogP contribution in [0.2, 0.25) is 23.2 Å². The van der Waals surface area contributed by atoms with Gasteiger partial charge in [0.2, 0.25) is 5.89 Å². The molecule has 226 valence electrons. The van der Waals surface area contributed by atoms with E-state index in [1.807, 2.05) is 43.3 Å². The number of amides is 2. The number of nitrogens with one attached hydrogen (secondary N) is 1. The van der Waals surface area contributed by atoms with E-state index in [0.29, 0.717) is 35.1 Å². The molecule has 42 heavy (non-hydrogen) atoms. The maximum Gasteiger partial charge on any atom is 0.290 e. The lowest BCUT2D eigenvalue weighted by atomic mass is 10.1. The molecule has 7 nitrogen and oxygen atoms in total. The van der Waals surface area contributed by atoms with Gasteiger partial charge in [-0.2, -0.15) is 0 Å². The van der Waals surface area contributed by atoms with Crippen molar-refractivity contribution in [1.82, 2.24) is 10.3 Å². The standard InChI is InChI=1S/C31H42N2O5S2Si2/c1-20-25(32-27(36-20)21-13-11-10-12-14-21)31(37-41(8)29(2,3)4,38-42(9)30(5,6)7)18-17-22-15-16-23(39-22)19-24-26(34)33-28(35)40-24/h10-16,19,41-42H,17-18H2,1-9H3,(H,33,34,35). The lowest BCUT2D eigenvalue weighted by Crippen LogP contribution is -2.47. The van der Waals surface area contributed by atoms with Crippen LogP contribution in [-0.4, -0.2) is 34.2 Å². The minimum atomic E-state index is -1.81. The van der Waals surface area contributed by atoms with Crippen molar-refractivity contribution in [3.05, 3.63) is 68.6 Å². The Labute approximate surface area is 260 Å². The van der Waals surface area contributed by atoms with E-state index >= 15 is 0 Å². The third-order valence-electron chi connectivity index (χ3n) is 7.65. The van der Waals surface area contributed by atoms with Gasteiger partial charge in [0.25, 0.3) is 11.1 Å². The van der Waals surface area contributed by atoms with E-state index in [-0.39, 0.29) is 21.2 Å². The molecule has 1 fully saturated rings. The van der Waals surface area contributed by atoms with Crippen LogP contribution in [0, 0.1) is 6.92 Å². The molecular weight excluding hydrogens is 601 g/mol. The molecule has 4 rings (SSSR count).